The number of hydrogen-bond acceptors (Lipinski definition) is 5. The van der Waals surface area contributed by atoms with Gasteiger partial charge in [-0.25, -0.2) is 0 Å². The highest BCUT2D eigenvalue weighted by Crippen LogP contribution is 2.18. The van der Waals surface area contributed by atoms with Gasteiger partial charge in [0, 0.05) is 12.8 Å². The number of amides is 1. The summed E-state index contributed by atoms with van der Waals surface area (Å²) in [5, 5.41) is 23.4. The van der Waals surface area contributed by atoms with Crippen molar-refractivity contribution in [3.05, 3.63) is 12.2 Å². The quantitative estimate of drug-likeness (QED) is 0.0321. The number of carbonyl (C=O) groups excluding carboxylic acids is 2. The third-order valence-electron chi connectivity index (χ3n) is 14.6. The fourth-order valence-corrected chi connectivity index (χ4v) is 9.81. The van der Waals surface area contributed by atoms with E-state index in [4.69, 9.17) is 4.74 Å². The molecule has 0 spiro atoms. The van der Waals surface area contributed by atoms with Gasteiger partial charge in [0.05, 0.1) is 25.4 Å². The van der Waals surface area contributed by atoms with Crippen molar-refractivity contribution < 1.29 is 24.5 Å². The smallest absolute Gasteiger partial charge is 0.305 e. The first-order valence-corrected chi connectivity index (χ1v) is 30.9. The topological polar surface area (TPSA) is 95.9 Å². The first kappa shape index (κ1) is 66.6. The third kappa shape index (κ3) is 53.9. The zero-order valence-corrected chi connectivity index (χ0v) is 46.1. The molecule has 2 unspecified atom stereocenters. The molecule has 0 heterocycles. The van der Waals surface area contributed by atoms with Gasteiger partial charge in [-0.15, -0.1) is 0 Å². The van der Waals surface area contributed by atoms with Gasteiger partial charge in [0.2, 0.25) is 5.91 Å². The normalized spacial score (nSPS) is 12.6. The van der Waals surface area contributed by atoms with Crippen molar-refractivity contribution in [1.82, 2.24) is 5.32 Å². The van der Waals surface area contributed by atoms with Crippen LogP contribution in [0.5, 0.6) is 0 Å². The number of hydrogen-bond donors (Lipinski definition) is 3. The van der Waals surface area contributed by atoms with Crippen LogP contribution in [0.15, 0.2) is 12.2 Å². The van der Waals surface area contributed by atoms with E-state index < -0.39 is 12.1 Å². The van der Waals surface area contributed by atoms with E-state index in [-0.39, 0.29) is 18.5 Å². The van der Waals surface area contributed by atoms with Crippen molar-refractivity contribution in [3.63, 3.8) is 0 Å². The Labute approximate surface area is 425 Å². The van der Waals surface area contributed by atoms with E-state index in [1.54, 1.807) is 0 Å². The summed E-state index contributed by atoms with van der Waals surface area (Å²) in [6.45, 7) is 4.96. The maximum Gasteiger partial charge on any atom is 0.305 e. The Morgan fingerprint density at radius 3 is 1.04 bits per heavy atom. The molecule has 6 nitrogen and oxygen atoms in total. The van der Waals surface area contributed by atoms with Crippen molar-refractivity contribution in [2.24, 2.45) is 0 Å². The number of allylic oxidation sites excluding steroid dienone is 2. The number of nitrogens with one attached hydrogen (secondary N) is 1. The molecule has 0 fully saturated rings. The Kier molecular flexibility index (Phi) is 57.0. The van der Waals surface area contributed by atoms with Crippen molar-refractivity contribution in [2.75, 3.05) is 13.2 Å². The van der Waals surface area contributed by atoms with E-state index >= 15 is 0 Å². The van der Waals surface area contributed by atoms with Gasteiger partial charge in [-0.1, -0.05) is 296 Å². The van der Waals surface area contributed by atoms with Crippen molar-refractivity contribution in [1.29, 1.82) is 0 Å². The van der Waals surface area contributed by atoms with Crippen LogP contribution in [-0.4, -0.2) is 47.4 Å². The van der Waals surface area contributed by atoms with Gasteiger partial charge in [-0.05, 0) is 51.4 Å². The Morgan fingerprint density at radius 1 is 0.397 bits per heavy atom. The van der Waals surface area contributed by atoms with Gasteiger partial charge < -0.3 is 20.3 Å². The van der Waals surface area contributed by atoms with Crippen molar-refractivity contribution >= 4 is 11.9 Å². The van der Waals surface area contributed by atoms with Gasteiger partial charge in [0.25, 0.3) is 0 Å². The maximum atomic E-state index is 12.5. The SMILES string of the molecule is CCCCCCCCCCCCCCCCCCCCCCCC(O)C(CO)NC(=O)CCCCCCCCC/C=C\CCCCCCCCCCOC(=O)CCCCCCCCCCCCC. The summed E-state index contributed by atoms with van der Waals surface area (Å²) in [5.41, 5.74) is 0. The molecule has 0 aromatic carbocycles. The summed E-state index contributed by atoms with van der Waals surface area (Å²) in [6, 6.07) is -0.548. The molecular formula is C62H121NO5. The maximum absolute atomic E-state index is 12.5. The standard InChI is InChI=1S/C62H121NO5/c1-3-5-7-9-11-13-15-16-17-18-19-20-22-25-28-31-35-38-42-46-50-54-60(65)59(58-64)63-61(66)55-51-47-43-39-36-32-29-26-23-21-24-27-30-33-37-41-45-49-53-57-68-62(67)56-52-48-44-40-34-14-12-10-8-6-4-2/h21,23,59-60,64-65H,3-20,22,24-58H2,1-2H3,(H,63,66)/b23-21-. The number of aliphatic hydroxyl groups is 2. The second-order valence-corrected chi connectivity index (χ2v) is 21.4. The molecule has 0 aromatic heterocycles. The molecule has 0 saturated carbocycles. The molecular weight excluding hydrogens is 839 g/mol. The van der Waals surface area contributed by atoms with Crippen molar-refractivity contribution in [2.45, 2.75) is 360 Å². The average molecular weight is 961 g/mol. The van der Waals surface area contributed by atoms with E-state index in [1.807, 2.05) is 0 Å². The molecule has 0 bridgehead atoms. The van der Waals surface area contributed by atoms with Crippen molar-refractivity contribution in [3.8, 4) is 0 Å². The minimum absolute atomic E-state index is 0.00449. The van der Waals surface area contributed by atoms with Crippen LogP contribution in [0.4, 0.5) is 0 Å². The lowest BCUT2D eigenvalue weighted by Gasteiger charge is -2.22. The second kappa shape index (κ2) is 58.2. The largest absolute Gasteiger partial charge is 0.466 e. The number of ether oxygens (including phenoxy) is 1. The highest BCUT2D eigenvalue weighted by Gasteiger charge is 2.20. The summed E-state index contributed by atoms with van der Waals surface area (Å²) in [6.07, 6.45) is 69.3. The zero-order chi connectivity index (χ0) is 49.3. The van der Waals surface area contributed by atoms with E-state index in [2.05, 4.69) is 31.3 Å². The molecule has 404 valence electrons. The molecule has 0 aromatic rings. The van der Waals surface area contributed by atoms with E-state index in [9.17, 15) is 19.8 Å². The van der Waals surface area contributed by atoms with Gasteiger partial charge in [-0.2, -0.15) is 0 Å². The lowest BCUT2D eigenvalue weighted by Crippen LogP contribution is -2.45. The summed E-state index contributed by atoms with van der Waals surface area (Å²) in [7, 11) is 0. The predicted molar refractivity (Wildman–Crippen MR) is 297 cm³/mol. The monoisotopic (exact) mass is 960 g/mol. The molecule has 1 amide bonds. The number of aliphatic hydroxyl groups excluding tert-OH is 2. The van der Waals surface area contributed by atoms with Crippen LogP contribution in [0.1, 0.15) is 348 Å². The minimum Gasteiger partial charge on any atom is -0.466 e. The van der Waals surface area contributed by atoms with E-state index in [0.717, 1.165) is 44.9 Å². The van der Waals surface area contributed by atoms with Crippen LogP contribution in [0.25, 0.3) is 0 Å². The first-order valence-electron chi connectivity index (χ1n) is 30.9. The van der Waals surface area contributed by atoms with E-state index in [0.29, 0.717) is 25.9 Å². The number of rotatable bonds is 58. The Bertz CT molecular complexity index is 1020. The molecule has 2 atom stereocenters. The molecule has 0 aliphatic rings. The van der Waals surface area contributed by atoms with E-state index in [1.165, 1.54) is 270 Å². The molecule has 0 radical (unpaired) electrons. The van der Waals surface area contributed by atoms with Crippen LogP contribution in [0.3, 0.4) is 0 Å². The summed E-state index contributed by atoms with van der Waals surface area (Å²) in [5.74, 6) is -0.0363. The molecule has 0 rings (SSSR count). The van der Waals surface area contributed by atoms with Gasteiger partial charge in [0.1, 0.15) is 0 Å². The fraction of sp³-hybridized carbons (Fsp3) is 0.935. The molecule has 3 N–H and O–H groups in total. The molecule has 0 saturated heterocycles. The summed E-state index contributed by atoms with van der Waals surface area (Å²) < 4.78 is 5.46. The number of unbranched alkanes of at least 4 members (excludes halogenated alkanes) is 45. The second-order valence-electron chi connectivity index (χ2n) is 21.4. The first-order chi connectivity index (χ1) is 33.5. The number of esters is 1. The lowest BCUT2D eigenvalue weighted by molar-refractivity contribution is -0.143. The minimum atomic E-state index is -0.670. The summed E-state index contributed by atoms with van der Waals surface area (Å²) in [4.78, 5) is 24.5. The van der Waals surface area contributed by atoms with Crippen LogP contribution >= 0.6 is 0 Å². The Balaban J connectivity index is 3.44. The molecule has 0 aliphatic heterocycles. The van der Waals surface area contributed by atoms with Crippen LogP contribution in [0.2, 0.25) is 0 Å². The van der Waals surface area contributed by atoms with Crippen LogP contribution < -0.4 is 5.32 Å². The van der Waals surface area contributed by atoms with Gasteiger partial charge in [0.15, 0.2) is 0 Å². The molecule has 0 aliphatic carbocycles. The highest BCUT2D eigenvalue weighted by molar-refractivity contribution is 5.76. The average Bonchev–Trinajstić information content (AvgIpc) is 3.34. The predicted octanol–water partition coefficient (Wildman–Crippen LogP) is 19.2. The number of carbonyl (C=O) groups is 2. The third-order valence-corrected chi connectivity index (χ3v) is 14.6. The van der Waals surface area contributed by atoms with Crippen LogP contribution in [0, 0.1) is 0 Å². The fourth-order valence-electron chi connectivity index (χ4n) is 9.81. The lowest BCUT2D eigenvalue weighted by atomic mass is 10.0. The van der Waals surface area contributed by atoms with Crippen LogP contribution in [-0.2, 0) is 14.3 Å². The Hall–Kier alpha value is -1.40. The molecule has 68 heavy (non-hydrogen) atoms. The summed E-state index contributed by atoms with van der Waals surface area (Å²) >= 11 is 0. The highest BCUT2D eigenvalue weighted by atomic mass is 16.5. The Morgan fingerprint density at radius 2 is 0.691 bits per heavy atom. The van der Waals surface area contributed by atoms with Gasteiger partial charge in [-0.3, -0.25) is 9.59 Å². The zero-order valence-electron chi connectivity index (χ0n) is 46.1. The molecule has 6 heteroatoms. The van der Waals surface area contributed by atoms with Gasteiger partial charge >= 0.3 is 5.97 Å².